The highest BCUT2D eigenvalue weighted by molar-refractivity contribution is 5.74. The standard InChI is InChI=1S/C14H18N4O/c19-10-4-6-11-5-3-9-18(11)14-15-12-7-1-2-8-13(12)16-17-14/h1-2,7-8,11,19H,3-6,9-10H2. The second-order valence-electron chi connectivity index (χ2n) is 4.96. The normalized spacial score (nSPS) is 19.2. The number of aliphatic hydroxyl groups excluding tert-OH is 1. The minimum absolute atomic E-state index is 0.251. The smallest absolute Gasteiger partial charge is 0.246 e. The predicted octanol–water partition coefficient (Wildman–Crippen LogP) is 1.77. The fraction of sp³-hybridized carbons (Fsp3) is 0.500. The third-order valence-corrected chi connectivity index (χ3v) is 3.68. The molecule has 5 heteroatoms. The highest BCUT2D eigenvalue weighted by Gasteiger charge is 2.26. The maximum absolute atomic E-state index is 8.96. The summed E-state index contributed by atoms with van der Waals surface area (Å²) in [7, 11) is 0. The van der Waals surface area contributed by atoms with Gasteiger partial charge in [0.2, 0.25) is 5.95 Å². The van der Waals surface area contributed by atoms with Crippen molar-refractivity contribution in [2.24, 2.45) is 0 Å². The van der Waals surface area contributed by atoms with Crippen LogP contribution in [0.1, 0.15) is 25.7 Å². The monoisotopic (exact) mass is 258 g/mol. The van der Waals surface area contributed by atoms with Gasteiger partial charge in [0, 0.05) is 19.2 Å². The Morgan fingerprint density at radius 2 is 2.05 bits per heavy atom. The van der Waals surface area contributed by atoms with Gasteiger partial charge < -0.3 is 10.0 Å². The molecule has 0 aliphatic carbocycles. The Balaban J connectivity index is 1.86. The average molecular weight is 258 g/mol. The summed E-state index contributed by atoms with van der Waals surface area (Å²) in [6.45, 7) is 1.23. The summed E-state index contributed by atoms with van der Waals surface area (Å²) in [5.41, 5.74) is 1.72. The first-order valence-electron chi connectivity index (χ1n) is 6.85. The molecule has 0 radical (unpaired) electrons. The first-order valence-corrected chi connectivity index (χ1v) is 6.85. The van der Waals surface area contributed by atoms with E-state index in [-0.39, 0.29) is 6.61 Å². The van der Waals surface area contributed by atoms with Crippen LogP contribution in [0.2, 0.25) is 0 Å². The van der Waals surface area contributed by atoms with Crippen molar-refractivity contribution in [2.75, 3.05) is 18.1 Å². The Morgan fingerprint density at radius 3 is 2.89 bits per heavy atom. The molecular weight excluding hydrogens is 240 g/mol. The van der Waals surface area contributed by atoms with E-state index in [1.807, 2.05) is 24.3 Å². The van der Waals surface area contributed by atoms with Crippen molar-refractivity contribution < 1.29 is 5.11 Å². The van der Waals surface area contributed by atoms with Gasteiger partial charge in [-0.15, -0.1) is 10.2 Å². The van der Waals surface area contributed by atoms with E-state index in [9.17, 15) is 0 Å². The van der Waals surface area contributed by atoms with Gasteiger partial charge in [-0.05, 0) is 37.8 Å². The topological polar surface area (TPSA) is 62.1 Å². The van der Waals surface area contributed by atoms with E-state index < -0.39 is 0 Å². The quantitative estimate of drug-likeness (QED) is 0.905. The summed E-state index contributed by atoms with van der Waals surface area (Å²) in [4.78, 5) is 6.84. The van der Waals surface area contributed by atoms with Crippen LogP contribution in [-0.2, 0) is 0 Å². The maximum atomic E-state index is 8.96. The van der Waals surface area contributed by atoms with Gasteiger partial charge in [0.15, 0.2) is 0 Å². The number of hydrogen-bond donors (Lipinski definition) is 1. The molecule has 1 atom stereocenters. The van der Waals surface area contributed by atoms with E-state index in [4.69, 9.17) is 5.11 Å². The van der Waals surface area contributed by atoms with Crippen LogP contribution in [0.15, 0.2) is 24.3 Å². The summed E-state index contributed by atoms with van der Waals surface area (Å²) >= 11 is 0. The Bertz CT molecular complexity index is 560. The Hall–Kier alpha value is -1.75. The molecular formula is C14H18N4O. The molecule has 1 fully saturated rings. The summed E-state index contributed by atoms with van der Waals surface area (Å²) in [5, 5.41) is 17.4. The molecule has 1 aromatic carbocycles. The second-order valence-corrected chi connectivity index (χ2v) is 4.96. The molecule has 2 heterocycles. The van der Waals surface area contributed by atoms with E-state index in [0.29, 0.717) is 6.04 Å². The molecule has 2 aromatic rings. The number of hydrogen-bond acceptors (Lipinski definition) is 5. The van der Waals surface area contributed by atoms with Gasteiger partial charge in [-0.1, -0.05) is 12.1 Å². The molecule has 1 aliphatic heterocycles. The van der Waals surface area contributed by atoms with E-state index in [1.165, 1.54) is 0 Å². The van der Waals surface area contributed by atoms with E-state index >= 15 is 0 Å². The van der Waals surface area contributed by atoms with Crippen molar-refractivity contribution in [1.29, 1.82) is 0 Å². The fourth-order valence-corrected chi connectivity index (χ4v) is 2.72. The molecule has 0 saturated carbocycles. The molecule has 1 saturated heterocycles. The lowest BCUT2D eigenvalue weighted by molar-refractivity contribution is 0.279. The third-order valence-electron chi connectivity index (χ3n) is 3.68. The van der Waals surface area contributed by atoms with Crippen molar-refractivity contribution >= 4 is 17.0 Å². The summed E-state index contributed by atoms with van der Waals surface area (Å²) in [6.07, 6.45) is 4.14. The molecule has 0 bridgehead atoms. The zero-order valence-corrected chi connectivity index (χ0v) is 10.9. The van der Waals surface area contributed by atoms with Gasteiger partial charge >= 0.3 is 0 Å². The van der Waals surface area contributed by atoms with Gasteiger partial charge in [-0.2, -0.15) is 0 Å². The van der Waals surface area contributed by atoms with Gasteiger partial charge in [0.25, 0.3) is 0 Å². The van der Waals surface area contributed by atoms with Crippen molar-refractivity contribution in [3.63, 3.8) is 0 Å². The van der Waals surface area contributed by atoms with Crippen LogP contribution in [0.25, 0.3) is 11.0 Å². The van der Waals surface area contributed by atoms with Crippen molar-refractivity contribution in [3.8, 4) is 0 Å². The predicted molar refractivity (Wildman–Crippen MR) is 74.0 cm³/mol. The molecule has 0 spiro atoms. The van der Waals surface area contributed by atoms with Crippen LogP contribution in [0, 0.1) is 0 Å². The van der Waals surface area contributed by atoms with E-state index in [2.05, 4.69) is 20.1 Å². The summed E-state index contributed by atoms with van der Waals surface area (Å²) < 4.78 is 0. The number of aromatic nitrogens is 3. The lowest BCUT2D eigenvalue weighted by Crippen LogP contribution is -2.31. The minimum Gasteiger partial charge on any atom is -0.396 e. The SMILES string of the molecule is OCCCC1CCCN1c1nnc2ccccc2n1. The van der Waals surface area contributed by atoms with Crippen LogP contribution in [0.5, 0.6) is 0 Å². The number of nitrogens with zero attached hydrogens (tertiary/aromatic N) is 4. The maximum Gasteiger partial charge on any atom is 0.246 e. The van der Waals surface area contributed by atoms with Crippen LogP contribution in [-0.4, -0.2) is 39.5 Å². The van der Waals surface area contributed by atoms with Crippen LogP contribution < -0.4 is 4.90 Å². The molecule has 3 rings (SSSR count). The molecule has 1 aromatic heterocycles. The first kappa shape index (κ1) is 12.3. The number of benzene rings is 1. The molecule has 1 aliphatic rings. The highest BCUT2D eigenvalue weighted by atomic mass is 16.2. The molecule has 1 N–H and O–H groups in total. The summed E-state index contributed by atoms with van der Waals surface area (Å²) in [6, 6.07) is 8.24. The van der Waals surface area contributed by atoms with Crippen LogP contribution in [0.3, 0.4) is 0 Å². The van der Waals surface area contributed by atoms with Crippen molar-refractivity contribution in [1.82, 2.24) is 15.2 Å². The fourth-order valence-electron chi connectivity index (χ4n) is 2.72. The lowest BCUT2D eigenvalue weighted by Gasteiger charge is -2.24. The number of aliphatic hydroxyl groups is 1. The number of fused-ring (bicyclic) bond motifs is 1. The first-order chi connectivity index (χ1) is 9.38. The molecule has 5 nitrogen and oxygen atoms in total. The minimum atomic E-state index is 0.251. The molecule has 19 heavy (non-hydrogen) atoms. The Labute approximate surface area is 112 Å². The highest BCUT2D eigenvalue weighted by Crippen LogP contribution is 2.25. The van der Waals surface area contributed by atoms with Crippen LogP contribution >= 0.6 is 0 Å². The van der Waals surface area contributed by atoms with E-state index in [0.717, 1.165) is 49.2 Å². The molecule has 0 amide bonds. The average Bonchev–Trinajstić information content (AvgIpc) is 2.93. The Morgan fingerprint density at radius 1 is 1.21 bits per heavy atom. The number of anilines is 1. The zero-order valence-electron chi connectivity index (χ0n) is 10.9. The largest absolute Gasteiger partial charge is 0.396 e. The van der Waals surface area contributed by atoms with Crippen LogP contribution in [0.4, 0.5) is 5.95 Å². The van der Waals surface area contributed by atoms with Gasteiger partial charge in [0.05, 0.1) is 5.52 Å². The number of rotatable bonds is 4. The van der Waals surface area contributed by atoms with Gasteiger partial charge in [-0.25, -0.2) is 4.98 Å². The van der Waals surface area contributed by atoms with Gasteiger partial charge in [-0.3, -0.25) is 0 Å². The van der Waals surface area contributed by atoms with E-state index in [1.54, 1.807) is 0 Å². The lowest BCUT2D eigenvalue weighted by atomic mass is 10.1. The van der Waals surface area contributed by atoms with Crippen molar-refractivity contribution in [2.45, 2.75) is 31.7 Å². The molecule has 1 unspecified atom stereocenters. The van der Waals surface area contributed by atoms with Gasteiger partial charge in [0.1, 0.15) is 5.52 Å². The van der Waals surface area contributed by atoms with Crippen molar-refractivity contribution in [3.05, 3.63) is 24.3 Å². The number of para-hydroxylation sites is 1. The molecule has 100 valence electrons. The summed E-state index contributed by atoms with van der Waals surface area (Å²) in [5.74, 6) is 0.721. The second kappa shape index (κ2) is 5.48. The Kier molecular flexibility index (Phi) is 3.55. The zero-order chi connectivity index (χ0) is 13.1. The third kappa shape index (κ3) is 2.51.